The molecule has 0 aromatic heterocycles. The lowest BCUT2D eigenvalue weighted by atomic mass is 9.81. The van der Waals surface area contributed by atoms with Gasteiger partial charge in [-0.3, -0.25) is 14.9 Å². The van der Waals surface area contributed by atoms with E-state index < -0.39 is 4.92 Å². The predicted molar refractivity (Wildman–Crippen MR) is 77.9 cm³/mol. The first-order chi connectivity index (χ1) is 10.0. The number of rotatable bonds is 4. The number of para-hydroxylation sites is 1. The first-order valence-electron chi connectivity index (χ1n) is 7.00. The largest absolute Gasteiger partial charge is 0.505 e. The van der Waals surface area contributed by atoms with Crippen LogP contribution in [0.4, 0.5) is 11.4 Å². The summed E-state index contributed by atoms with van der Waals surface area (Å²) in [6.45, 7) is 0.624. The molecule has 7 heteroatoms. The van der Waals surface area contributed by atoms with Gasteiger partial charge in [0.1, 0.15) is 5.75 Å². The minimum absolute atomic E-state index is 0.131. The maximum atomic E-state index is 12.2. The molecule has 0 aliphatic heterocycles. The van der Waals surface area contributed by atoms with E-state index in [1.165, 1.54) is 18.2 Å². The molecule has 7 nitrogen and oxygen atoms in total. The number of phenolic OH excluding ortho intramolecular Hbond substituents is 1. The van der Waals surface area contributed by atoms with E-state index in [1.54, 1.807) is 0 Å². The normalized spacial score (nSPS) is 21.8. The predicted octanol–water partition coefficient (Wildman–Crippen LogP) is 2.00. The Labute approximate surface area is 122 Å². The zero-order valence-electron chi connectivity index (χ0n) is 11.6. The molecule has 0 unspecified atom stereocenters. The summed E-state index contributed by atoms with van der Waals surface area (Å²) < 4.78 is 0. The van der Waals surface area contributed by atoms with Crippen molar-refractivity contribution in [3.05, 3.63) is 28.3 Å². The minimum atomic E-state index is -0.624. The number of hydrogen-bond donors (Lipinski definition) is 3. The van der Waals surface area contributed by atoms with E-state index in [4.69, 9.17) is 5.73 Å². The minimum Gasteiger partial charge on any atom is -0.505 e. The van der Waals surface area contributed by atoms with Crippen molar-refractivity contribution in [3.8, 4) is 5.75 Å². The lowest BCUT2D eigenvalue weighted by Gasteiger charge is -2.26. The summed E-state index contributed by atoms with van der Waals surface area (Å²) >= 11 is 0. The Morgan fingerprint density at radius 2 is 2.05 bits per heavy atom. The number of hydrogen-bond acceptors (Lipinski definition) is 5. The number of nitrogens with zero attached hydrogens (tertiary/aromatic N) is 1. The van der Waals surface area contributed by atoms with Crippen LogP contribution < -0.4 is 11.1 Å². The number of amides is 1. The van der Waals surface area contributed by atoms with Gasteiger partial charge in [-0.1, -0.05) is 6.07 Å². The highest BCUT2D eigenvalue weighted by Gasteiger charge is 2.28. The van der Waals surface area contributed by atoms with E-state index >= 15 is 0 Å². The number of anilines is 1. The summed E-state index contributed by atoms with van der Waals surface area (Å²) in [6, 6.07) is 3.93. The van der Waals surface area contributed by atoms with E-state index in [0.29, 0.717) is 12.5 Å². The first-order valence-corrected chi connectivity index (χ1v) is 7.00. The summed E-state index contributed by atoms with van der Waals surface area (Å²) in [5.74, 6) is -0.316. The van der Waals surface area contributed by atoms with Gasteiger partial charge in [0.05, 0.1) is 4.92 Å². The van der Waals surface area contributed by atoms with E-state index in [0.717, 1.165) is 25.7 Å². The third-order valence-electron chi connectivity index (χ3n) is 4.02. The van der Waals surface area contributed by atoms with Crippen molar-refractivity contribution >= 4 is 17.3 Å². The number of nitro benzene ring substituents is 1. The number of nitrogens with one attached hydrogen (secondary N) is 1. The van der Waals surface area contributed by atoms with Crippen LogP contribution in [-0.4, -0.2) is 22.5 Å². The van der Waals surface area contributed by atoms with Gasteiger partial charge in [-0.25, -0.2) is 0 Å². The molecule has 1 fully saturated rings. The molecular weight excluding hydrogens is 274 g/mol. The smallest absolute Gasteiger partial charge is 0.296 e. The average Bonchev–Trinajstić information content (AvgIpc) is 2.49. The van der Waals surface area contributed by atoms with Gasteiger partial charge in [0.15, 0.2) is 5.69 Å². The van der Waals surface area contributed by atoms with Crippen LogP contribution in [0.5, 0.6) is 5.75 Å². The number of phenols is 1. The molecule has 0 radical (unpaired) electrons. The third-order valence-corrected chi connectivity index (χ3v) is 4.02. The van der Waals surface area contributed by atoms with E-state index in [9.17, 15) is 20.0 Å². The monoisotopic (exact) mass is 293 g/mol. The second-order valence-corrected chi connectivity index (χ2v) is 5.37. The van der Waals surface area contributed by atoms with Gasteiger partial charge in [0.25, 0.3) is 5.69 Å². The van der Waals surface area contributed by atoms with Crippen LogP contribution in [0.1, 0.15) is 25.7 Å². The molecule has 1 amide bonds. The van der Waals surface area contributed by atoms with E-state index in [1.807, 2.05) is 0 Å². The Bertz CT molecular complexity index is 539. The van der Waals surface area contributed by atoms with Crippen LogP contribution >= 0.6 is 0 Å². The molecule has 0 heterocycles. The Kier molecular flexibility index (Phi) is 4.74. The number of nitrogens with two attached hydrogens (primary N) is 1. The highest BCUT2D eigenvalue weighted by atomic mass is 16.6. The van der Waals surface area contributed by atoms with Crippen molar-refractivity contribution in [3.63, 3.8) is 0 Å². The molecule has 4 N–H and O–H groups in total. The van der Waals surface area contributed by atoms with Crippen LogP contribution in [0.25, 0.3) is 0 Å². The van der Waals surface area contributed by atoms with Crippen LogP contribution in [-0.2, 0) is 4.79 Å². The lowest BCUT2D eigenvalue weighted by molar-refractivity contribution is -0.384. The van der Waals surface area contributed by atoms with Crippen LogP contribution in [0, 0.1) is 22.0 Å². The number of benzene rings is 1. The topological polar surface area (TPSA) is 118 Å². The van der Waals surface area contributed by atoms with Gasteiger partial charge in [-0.2, -0.15) is 0 Å². The van der Waals surface area contributed by atoms with Gasteiger partial charge < -0.3 is 16.2 Å². The van der Waals surface area contributed by atoms with Crippen molar-refractivity contribution in [2.75, 3.05) is 11.9 Å². The molecule has 2 rings (SSSR count). The summed E-state index contributed by atoms with van der Waals surface area (Å²) in [4.78, 5) is 22.5. The Morgan fingerprint density at radius 3 is 2.62 bits per heavy atom. The molecule has 1 aromatic carbocycles. The second kappa shape index (κ2) is 6.53. The van der Waals surface area contributed by atoms with Crippen LogP contribution in [0.2, 0.25) is 0 Å². The van der Waals surface area contributed by atoms with Gasteiger partial charge in [-0.05, 0) is 44.2 Å². The number of carbonyl (C=O) groups excluding carboxylic acids is 1. The molecule has 21 heavy (non-hydrogen) atoms. The molecule has 114 valence electrons. The molecule has 0 saturated heterocycles. The highest BCUT2D eigenvalue weighted by molar-refractivity contribution is 5.96. The molecule has 1 saturated carbocycles. The van der Waals surface area contributed by atoms with Crippen LogP contribution in [0.3, 0.4) is 0 Å². The van der Waals surface area contributed by atoms with Crippen molar-refractivity contribution in [1.82, 2.24) is 0 Å². The number of nitro groups is 1. The Balaban J connectivity index is 2.08. The fourth-order valence-electron chi connectivity index (χ4n) is 2.69. The number of aromatic hydroxyl groups is 1. The maximum Gasteiger partial charge on any atom is 0.296 e. The van der Waals surface area contributed by atoms with Crippen LogP contribution in [0.15, 0.2) is 18.2 Å². The first kappa shape index (κ1) is 15.2. The Hall–Kier alpha value is -2.15. The molecule has 0 spiro atoms. The molecule has 0 atom stereocenters. The summed E-state index contributed by atoms with van der Waals surface area (Å²) in [5.41, 5.74) is 5.18. The van der Waals surface area contributed by atoms with Crippen molar-refractivity contribution < 1.29 is 14.8 Å². The molecule has 1 aliphatic rings. The molecule has 1 aromatic rings. The zero-order valence-corrected chi connectivity index (χ0v) is 11.6. The quantitative estimate of drug-likeness (QED) is 0.445. The van der Waals surface area contributed by atoms with Crippen molar-refractivity contribution in [2.24, 2.45) is 17.6 Å². The van der Waals surface area contributed by atoms with E-state index in [-0.39, 0.29) is 28.9 Å². The number of carbonyl (C=O) groups is 1. The third kappa shape index (κ3) is 3.49. The molecular formula is C14H19N3O4. The molecule has 0 bridgehead atoms. The van der Waals surface area contributed by atoms with Gasteiger partial charge >= 0.3 is 0 Å². The SMILES string of the molecule is NCC1CCC(C(=O)Nc2c(O)cccc2[N+](=O)[O-])CC1. The average molecular weight is 293 g/mol. The summed E-state index contributed by atoms with van der Waals surface area (Å²) in [6.07, 6.45) is 3.21. The summed E-state index contributed by atoms with van der Waals surface area (Å²) in [5, 5.41) is 23.2. The fourth-order valence-corrected chi connectivity index (χ4v) is 2.69. The second-order valence-electron chi connectivity index (χ2n) is 5.37. The molecule has 1 aliphatic carbocycles. The fraction of sp³-hybridized carbons (Fsp3) is 0.500. The highest BCUT2D eigenvalue weighted by Crippen LogP contribution is 2.35. The lowest BCUT2D eigenvalue weighted by Crippen LogP contribution is -2.29. The standard InChI is InChI=1S/C14H19N3O4/c15-8-9-4-6-10(7-5-9)14(19)16-13-11(17(20)21)2-1-3-12(13)18/h1-3,9-10,18H,4-8,15H2,(H,16,19). The van der Waals surface area contributed by atoms with E-state index in [2.05, 4.69) is 5.32 Å². The zero-order chi connectivity index (χ0) is 15.4. The van der Waals surface area contributed by atoms with Gasteiger partial charge in [-0.15, -0.1) is 0 Å². The summed E-state index contributed by atoms with van der Waals surface area (Å²) in [7, 11) is 0. The van der Waals surface area contributed by atoms with Gasteiger partial charge in [0.2, 0.25) is 5.91 Å². The maximum absolute atomic E-state index is 12.2. The van der Waals surface area contributed by atoms with Crippen molar-refractivity contribution in [1.29, 1.82) is 0 Å². The Morgan fingerprint density at radius 1 is 1.38 bits per heavy atom. The van der Waals surface area contributed by atoms with Gasteiger partial charge in [0, 0.05) is 12.0 Å². The van der Waals surface area contributed by atoms with Crippen molar-refractivity contribution in [2.45, 2.75) is 25.7 Å².